The smallest absolute Gasteiger partial charge is 0.236 e. The fraction of sp³-hybridized carbons (Fsp3) is 0.161. The molecule has 1 aliphatic rings. The minimum Gasteiger partial charge on any atom is -0.454 e. The first-order valence-corrected chi connectivity index (χ1v) is 13.2. The van der Waals surface area contributed by atoms with Gasteiger partial charge in [-0.25, -0.2) is 18.4 Å². The summed E-state index contributed by atoms with van der Waals surface area (Å²) in [6.07, 6.45) is 1.90. The molecule has 1 aliphatic heterocycles. The van der Waals surface area contributed by atoms with Gasteiger partial charge in [0.25, 0.3) is 0 Å². The number of hydrogen-bond donors (Lipinski definition) is 2. The van der Waals surface area contributed by atoms with E-state index in [9.17, 15) is 18.8 Å². The van der Waals surface area contributed by atoms with Gasteiger partial charge in [0.2, 0.25) is 17.6 Å². The van der Waals surface area contributed by atoms with Crippen LogP contribution in [0, 0.1) is 24.5 Å². The van der Waals surface area contributed by atoms with Crippen molar-refractivity contribution in [1.82, 2.24) is 14.8 Å². The molecule has 0 unspecified atom stereocenters. The van der Waals surface area contributed by atoms with Crippen LogP contribution >= 0.6 is 0 Å². The highest BCUT2D eigenvalue weighted by molar-refractivity contribution is 6.18. The third-order valence-electron chi connectivity index (χ3n) is 7.37. The number of ketones is 1. The van der Waals surface area contributed by atoms with Crippen LogP contribution in [0.3, 0.4) is 0 Å². The summed E-state index contributed by atoms with van der Waals surface area (Å²) in [5.41, 5.74) is 8.11. The van der Waals surface area contributed by atoms with Gasteiger partial charge in [-0.05, 0) is 67.4 Å². The Morgan fingerprint density at radius 3 is 2.60 bits per heavy atom. The largest absolute Gasteiger partial charge is 0.454 e. The number of aromatic nitrogens is 3. The number of H-pyrrole nitrogens is 1. The molecular weight excluding hydrogens is 544 g/mol. The van der Waals surface area contributed by atoms with Crippen molar-refractivity contribution in [2.45, 2.75) is 26.7 Å². The summed E-state index contributed by atoms with van der Waals surface area (Å²) in [5, 5.41) is 4.69. The summed E-state index contributed by atoms with van der Waals surface area (Å²) in [6, 6.07) is 15.1. The number of aromatic amines is 1. The van der Waals surface area contributed by atoms with E-state index in [1.54, 1.807) is 44.2 Å². The number of amides is 2. The highest BCUT2D eigenvalue weighted by Crippen LogP contribution is 2.33. The number of benzene rings is 3. The van der Waals surface area contributed by atoms with Gasteiger partial charge < -0.3 is 15.5 Å². The van der Waals surface area contributed by atoms with Crippen molar-refractivity contribution in [3.05, 3.63) is 95.3 Å². The Morgan fingerprint density at radius 1 is 1.05 bits per heavy atom. The van der Waals surface area contributed by atoms with E-state index < -0.39 is 35.1 Å². The van der Waals surface area contributed by atoms with Crippen LogP contribution in [0.4, 0.5) is 20.3 Å². The van der Waals surface area contributed by atoms with Crippen molar-refractivity contribution >= 4 is 40.0 Å². The minimum absolute atomic E-state index is 0.0786. The van der Waals surface area contributed by atoms with Gasteiger partial charge in [-0.2, -0.15) is 5.10 Å². The van der Waals surface area contributed by atoms with Crippen molar-refractivity contribution in [2.24, 2.45) is 5.92 Å². The summed E-state index contributed by atoms with van der Waals surface area (Å²) < 4.78 is 36.1. The van der Waals surface area contributed by atoms with E-state index in [1.165, 1.54) is 41.2 Å². The van der Waals surface area contributed by atoms with Gasteiger partial charge in [0.05, 0.1) is 28.8 Å². The van der Waals surface area contributed by atoms with Crippen molar-refractivity contribution in [2.75, 3.05) is 10.6 Å². The van der Waals surface area contributed by atoms with Crippen LogP contribution in [0.1, 0.15) is 41.4 Å². The fourth-order valence-electron chi connectivity index (χ4n) is 5.06. The summed E-state index contributed by atoms with van der Waals surface area (Å²) in [5.74, 6) is -2.48. The molecule has 42 heavy (non-hydrogen) atoms. The molecule has 3 heterocycles. The average Bonchev–Trinajstić information content (AvgIpc) is 3.55. The van der Waals surface area contributed by atoms with E-state index in [2.05, 4.69) is 10.1 Å². The first-order chi connectivity index (χ1) is 20.1. The van der Waals surface area contributed by atoms with Gasteiger partial charge >= 0.3 is 0 Å². The molecule has 5 aromatic rings. The van der Waals surface area contributed by atoms with E-state index in [0.29, 0.717) is 34.3 Å². The first-order valence-electron chi connectivity index (χ1n) is 13.2. The van der Waals surface area contributed by atoms with Gasteiger partial charge in [0, 0.05) is 23.2 Å². The van der Waals surface area contributed by atoms with Crippen LogP contribution in [-0.4, -0.2) is 32.4 Å². The van der Waals surface area contributed by atoms with Gasteiger partial charge in [-0.3, -0.25) is 14.4 Å². The number of hydrogen-bond acceptors (Lipinski definition) is 6. The Hall–Kier alpha value is -5.32. The Bertz CT molecular complexity index is 1910. The van der Waals surface area contributed by atoms with E-state index in [4.69, 9.17) is 10.5 Å². The molecule has 0 saturated carbocycles. The zero-order valence-corrected chi connectivity index (χ0v) is 22.7. The maximum absolute atomic E-state index is 15.1. The number of nitrogens with zero attached hydrogens (tertiary/aromatic N) is 3. The summed E-state index contributed by atoms with van der Waals surface area (Å²) in [7, 11) is 0. The number of nitrogens with one attached hydrogen (secondary N) is 1. The van der Waals surface area contributed by atoms with E-state index >= 15 is 4.39 Å². The molecule has 0 aliphatic carbocycles. The lowest BCUT2D eigenvalue weighted by atomic mass is 9.98. The fourth-order valence-corrected chi connectivity index (χ4v) is 5.06. The van der Waals surface area contributed by atoms with Crippen LogP contribution in [0.25, 0.3) is 16.6 Å². The normalized spacial score (nSPS) is 15.4. The second kappa shape index (κ2) is 10.3. The van der Waals surface area contributed by atoms with Crippen LogP contribution in [-0.2, 0) is 9.59 Å². The third-order valence-corrected chi connectivity index (χ3v) is 7.37. The third kappa shape index (κ3) is 4.58. The number of piperidine rings is 1. The summed E-state index contributed by atoms with van der Waals surface area (Å²) in [6.45, 7) is 3.50. The van der Waals surface area contributed by atoms with Crippen LogP contribution < -0.4 is 15.4 Å². The number of carbonyl (C=O) groups is 3. The zero-order chi connectivity index (χ0) is 29.7. The molecule has 2 amide bonds. The number of para-hydroxylation sites is 1. The van der Waals surface area contributed by atoms with Crippen molar-refractivity contribution in [3.8, 4) is 17.2 Å². The number of anilines is 2. The minimum atomic E-state index is -0.749. The molecule has 1 fully saturated rings. The number of imide groups is 1. The molecule has 0 radical (unpaired) electrons. The number of rotatable bonds is 6. The van der Waals surface area contributed by atoms with Crippen molar-refractivity contribution in [1.29, 1.82) is 0 Å². The Kier molecular flexibility index (Phi) is 6.56. The summed E-state index contributed by atoms with van der Waals surface area (Å²) in [4.78, 5) is 42.4. The van der Waals surface area contributed by atoms with Crippen molar-refractivity contribution < 1.29 is 27.9 Å². The number of nitrogen functional groups attached to an aromatic ring is 1. The number of nitrogens with two attached hydrogens (primary N) is 1. The lowest BCUT2D eigenvalue weighted by Crippen LogP contribution is -2.44. The van der Waals surface area contributed by atoms with Crippen LogP contribution in [0.15, 0.2) is 66.9 Å². The molecule has 212 valence electrons. The molecule has 2 aromatic heterocycles. The molecule has 0 bridgehead atoms. The van der Waals surface area contributed by atoms with Gasteiger partial charge in [-0.15, -0.1) is 0 Å². The average molecular weight is 570 g/mol. The zero-order valence-electron chi connectivity index (χ0n) is 22.7. The number of aryl methyl sites for hydroxylation is 1. The van der Waals surface area contributed by atoms with E-state index in [-0.39, 0.29) is 34.9 Å². The SMILES string of the molecule is Cc1cc(Oc2ccccc2F)ccc1-n1ncc(C(=O)c2cc3cc(F)c(N4C(=O)CC[C@H](C)C4=O)cc3[nH]2)c1N. The van der Waals surface area contributed by atoms with E-state index in [1.807, 2.05) is 0 Å². The Morgan fingerprint density at radius 2 is 1.83 bits per heavy atom. The number of halogens is 2. The second-order valence-electron chi connectivity index (χ2n) is 10.2. The summed E-state index contributed by atoms with van der Waals surface area (Å²) >= 11 is 0. The molecular formula is C31H25F2N5O4. The molecule has 3 aromatic carbocycles. The Balaban J connectivity index is 1.28. The monoisotopic (exact) mass is 569 g/mol. The van der Waals surface area contributed by atoms with Crippen LogP contribution in [0.2, 0.25) is 0 Å². The molecule has 0 spiro atoms. The lowest BCUT2D eigenvalue weighted by molar-refractivity contribution is -0.131. The highest BCUT2D eigenvalue weighted by Gasteiger charge is 2.34. The highest BCUT2D eigenvalue weighted by atomic mass is 19.1. The predicted octanol–water partition coefficient (Wildman–Crippen LogP) is 5.84. The van der Waals surface area contributed by atoms with E-state index in [0.717, 1.165) is 4.90 Å². The maximum Gasteiger partial charge on any atom is 0.236 e. The number of carbonyl (C=O) groups excluding carboxylic acids is 3. The quantitative estimate of drug-likeness (QED) is 0.196. The first kappa shape index (κ1) is 26.9. The predicted molar refractivity (Wildman–Crippen MR) is 152 cm³/mol. The number of ether oxygens (including phenoxy) is 1. The maximum atomic E-state index is 15.1. The molecule has 1 saturated heterocycles. The topological polar surface area (TPSA) is 123 Å². The lowest BCUT2D eigenvalue weighted by Gasteiger charge is -2.29. The molecule has 1 atom stereocenters. The molecule has 6 rings (SSSR count). The Labute approximate surface area is 238 Å². The van der Waals surface area contributed by atoms with Gasteiger partial charge in [0.1, 0.15) is 17.4 Å². The van der Waals surface area contributed by atoms with Gasteiger partial charge in [-0.1, -0.05) is 19.1 Å². The second-order valence-corrected chi connectivity index (χ2v) is 10.2. The number of fused-ring (bicyclic) bond motifs is 1. The van der Waals surface area contributed by atoms with Crippen molar-refractivity contribution in [3.63, 3.8) is 0 Å². The van der Waals surface area contributed by atoms with Gasteiger partial charge in [0.15, 0.2) is 11.6 Å². The molecule has 11 heteroatoms. The van der Waals surface area contributed by atoms with Crippen LogP contribution in [0.5, 0.6) is 11.5 Å². The standard InChI is InChI=1S/C31H25F2N5O4/c1-16-7-10-28(39)37(31(16)41)26-14-23-18(12-22(26)33)13-24(36-23)29(40)20-15-35-38(30(20)34)25-9-8-19(11-17(25)2)42-27-6-4-3-5-21(27)32/h3-6,8-9,11-16,36H,7,10,34H2,1-2H3/t16-/m0/s1. The molecule has 9 nitrogen and oxygen atoms in total. The molecule has 3 N–H and O–H groups in total.